The van der Waals surface area contributed by atoms with E-state index < -0.39 is 0 Å². The van der Waals surface area contributed by atoms with Crippen LogP contribution in [0.15, 0.2) is 24.4 Å². The largest absolute Gasteiger partial charge is 0.328 e. The third-order valence-corrected chi connectivity index (χ3v) is 3.53. The second-order valence-corrected chi connectivity index (χ2v) is 4.85. The minimum absolute atomic E-state index is 0.655. The van der Waals surface area contributed by atoms with Gasteiger partial charge in [0.15, 0.2) is 10.4 Å². The molecule has 0 saturated carbocycles. The van der Waals surface area contributed by atoms with Gasteiger partial charge in [0, 0.05) is 13.2 Å². The molecule has 19 heavy (non-hydrogen) atoms. The van der Waals surface area contributed by atoms with Crippen LogP contribution in [-0.2, 0) is 20.0 Å². The first-order chi connectivity index (χ1) is 9.20. The topological polar surface area (TPSA) is 51.4 Å². The van der Waals surface area contributed by atoms with Crippen LogP contribution in [0.3, 0.4) is 0 Å². The molecule has 3 heterocycles. The molecular weight excluding hydrogens is 258 g/mol. The first-order valence-corrected chi connectivity index (χ1v) is 6.65. The maximum Gasteiger partial charge on any atom is 0.179 e. The maximum absolute atomic E-state index is 5.41. The Labute approximate surface area is 115 Å². The van der Waals surface area contributed by atoms with Gasteiger partial charge < -0.3 is 4.98 Å². The molecule has 0 radical (unpaired) electrons. The average Bonchev–Trinajstić information content (AvgIpc) is 2.90. The molecule has 3 aromatic heterocycles. The molecule has 6 heteroatoms. The summed E-state index contributed by atoms with van der Waals surface area (Å²) in [4.78, 5) is 7.60. The van der Waals surface area contributed by atoms with Gasteiger partial charge in [0.1, 0.15) is 5.52 Å². The summed E-state index contributed by atoms with van der Waals surface area (Å²) in [6.07, 6.45) is 2.68. The Morgan fingerprint density at radius 1 is 1.37 bits per heavy atom. The Morgan fingerprint density at radius 2 is 2.21 bits per heavy atom. The van der Waals surface area contributed by atoms with Crippen molar-refractivity contribution in [3.63, 3.8) is 0 Å². The lowest BCUT2D eigenvalue weighted by Crippen LogP contribution is -2.05. The smallest absolute Gasteiger partial charge is 0.179 e. The lowest BCUT2D eigenvalue weighted by Gasteiger charge is -2.04. The van der Waals surface area contributed by atoms with Gasteiger partial charge in [-0.3, -0.25) is 14.2 Å². The van der Waals surface area contributed by atoms with Crippen molar-refractivity contribution in [1.82, 2.24) is 24.3 Å². The van der Waals surface area contributed by atoms with Crippen molar-refractivity contribution < 1.29 is 0 Å². The van der Waals surface area contributed by atoms with Gasteiger partial charge >= 0.3 is 0 Å². The molecular formula is C13H15N5S. The number of nitrogens with zero attached hydrogens (tertiary/aromatic N) is 4. The summed E-state index contributed by atoms with van der Waals surface area (Å²) >= 11 is 5.41. The zero-order valence-corrected chi connectivity index (χ0v) is 11.7. The highest BCUT2D eigenvalue weighted by Gasteiger charge is 2.14. The monoisotopic (exact) mass is 273 g/mol. The van der Waals surface area contributed by atoms with E-state index in [1.165, 1.54) is 0 Å². The molecule has 0 saturated heterocycles. The van der Waals surface area contributed by atoms with Crippen molar-refractivity contribution in [3.8, 4) is 0 Å². The molecule has 0 unspecified atom stereocenters. The number of aromatic nitrogens is 5. The van der Waals surface area contributed by atoms with Crippen LogP contribution in [0.5, 0.6) is 0 Å². The molecule has 0 aromatic carbocycles. The Bertz CT molecular complexity index is 766. The van der Waals surface area contributed by atoms with Crippen molar-refractivity contribution in [2.75, 3.05) is 0 Å². The fourth-order valence-electron chi connectivity index (χ4n) is 2.33. The first kappa shape index (κ1) is 12.1. The van der Waals surface area contributed by atoms with Crippen molar-refractivity contribution >= 4 is 23.4 Å². The fourth-order valence-corrected chi connectivity index (χ4v) is 2.58. The van der Waals surface area contributed by atoms with Gasteiger partial charge in [-0.2, -0.15) is 5.10 Å². The van der Waals surface area contributed by atoms with Crippen LogP contribution in [0.4, 0.5) is 0 Å². The molecule has 0 aliphatic rings. The van der Waals surface area contributed by atoms with Gasteiger partial charge in [0.25, 0.3) is 0 Å². The molecule has 0 atom stereocenters. The first-order valence-electron chi connectivity index (χ1n) is 6.25. The van der Waals surface area contributed by atoms with Crippen molar-refractivity contribution in [3.05, 3.63) is 40.6 Å². The highest BCUT2D eigenvalue weighted by molar-refractivity contribution is 7.71. The number of H-pyrrole nitrogens is 1. The lowest BCUT2D eigenvalue weighted by molar-refractivity contribution is 0.702. The van der Waals surface area contributed by atoms with Gasteiger partial charge in [-0.05, 0) is 30.8 Å². The number of aromatic amines is 1. The fraction of sp³-hybridized carbons (Fsp3) is 0.308. The molecule has 3 aromatic rings. The van der Waals surface area contributed by atoms with Crippen LogP contribution in [0, 0.1) is 4.77 Å². The SMILES string of the molecule is CCc1nn(C)c2c1[nH]c(=S)n2Cc1ccccn1. The van der Waals surface area contributed by atoms with Crippen molar-refractivity contribution in [1.29, 1.82) is 0 Å². The minimum Gasteiger partial charge on any atom is -0.328 e. The van der Waals surface area contributed by atoms with E-state index in [4.69, 9.17) is 12.2 Å². The van der Waals surface area contributed by atoms with Crippen LogP contribution < -0.4 is 0 Å². The van der Waals surface area contributed by atoms with Crippen LogP contribution >= 0.6 is 12.2 Å². The molecule has 3 rings (SSSR count). The summed E-state index contributed by atoms with van der Waals surface area (Å²) in [6.45, 7) is 2.75. The zero-order valence-electron chi connectivity index (χ0n) is 10.9. The second-order valence-electron chi connectivity index (χ2n) is 4.46. The van der Waals surface area contributed by atoms with Gasteiger partial charge in [-0.25, -0.2) is 0 Å². The van der Waals surface area contributed by atoms with E-state index in [1.807, 2.05) is 34.5 Å². The Kier molecular flexibility index (Phi) is 2.94. The van der Waals surface area contributed by atoms with Crippen molar-refractivity contribution in [2.24, 2.45) is 7.05 Å². The molecule has 0 bridgehead atoms. The Hall–Kier alpha value is -1.95. The van der Waals surface area contributed by atoms with Gasteiger partial charge in [0.2, 0.25) is 0 Å². The molecule has 0 aliphatic heterocycles. The summed E-state index contributed by atoms with van der Waals surface area (Å²) in [6, 6.07) is 5.89. The quantitative estimate of drug-likeness (QED) is 0.746. The summed E-state index contributed by atoms with van der Waals surface area (Å²) in [5.74, 6) is 0. The van der Waals surface area contributed by atoms with Gasteiger partial charge in [0.05, 0.1) is 17.9 Å². The van der Waals surface area contributed by atoms with Gasteiger partial charge in [-0.15, -0.1) is 0 Å². The minimum atomic E-state index is 0.655. The highest BCUT2D eigenvalue weighted by atomic mass is 32.1. The zero-order chi connectivity index (χ0) is 13.4. The molecule has 0 fully saturated rings. The molecule has 0 spiro atoms. The molecule has 98 valence electrons. The van der Waals surface area contributed by atoms with E-state index in [9.17, 15) is 0 Å². The summed E-state index contributed by atoms with van der Waals surface area (Å²) in [5, 5.41) is 4.51. The van der Waals surface area contributed by atoms with Crippen molar-refractivity contribution in [2.45, 2.75) is 19.9 Å². The van der Waals surface area contributed by atoms with E-state index in [-0.39, 0.29) is 0 Å². The van der Waals surface area contributed by atoms with Crippen LogP contribution in [0.2, 0.25) is 0 Å². The van der Waals surface area contributed by atoms with Crippen LogP contribution in [-0.4, -0.2) is 24.3 Å². The molecule has 1 N–H and O–H groups in total. The number of fused-ring (bicyclic) bond motifs is 1. The van der Waals surface area contributed by atoms with Crippen LogP contribution in [0.25, 0.3) is 11.2 Å². The number of aryl methyl sites for hydroxylation is 2. The third-order valence-electron chi connectivity index (χ3n) is 3.20. The Balaban J connectivity index is 2.16. The normalized spacial score (nSPS) is 11.3. The van der Waals surface area contributed by atoms with Gasteiger partial charge in [-0.1, -0.05) is 13.0 Å². The number of imidazole rings is 1. The lowest BCUT2D eigenvalue weighted by atomic mass is 10.3. The number of rotatable bonds is 3. The standard InChI is InChI=1S/C13H15N5S/c1-3-10-11-12(17(2)16-10)18(13(19)15-11)8-9-6-4-5-7-14-9/h4-7H,3,8H2,1-2H3,(H,15,19). The van der Waals surface area contributed by atoms with E-state index in [1.54, 1.807) is 6.20 Å². The highest BCUT2D eigenvalue weighted by Crippen LogP contribution is 2.19. The average molecular weight is 273 g/mol. The Morgan fingerprint density at radius 3 is 2.89 bits per heavy atom. The number of hydrogen-bond donors (Lipinski definition) is 1. The second kappa shape index (κ2) is 4.62. The predicted molar refractivity (Wildman–Crippen MR) is 76.6 cm³/mol. The van der Waals surface area contributed by atoms with E-state index in [2.05, 4.69) is 22.0 Å². The van der Waals surface area contributed by atoms with E-state index in [0.29, 0.717) is 11.3 Å². The van der Waals surface area contributed by atoms with E-state index in [0.717, 1.165) is 29.0 Å². The summed E-state index contributed by atoms with van der Waals surface area (Å²) in [7, 11) is 1.94. The number of nitrogens with one attached hydrogen (secondary N) is 1. The summed E-state index contributed by atoms with van der Waals surface area (Å²) < 4.78 is 4.63. The van der Waals surface area contributed by atoms with E-state index >= 15 is 0 Å². The summed E-state index contributed by atoms with van der Waals surface area (Å²) in [5.41, 5.74) is 4.08. The predicted octanol–water partition coefficient (Wildman–Crippen LogP) is 2.44. The molecule has 5 nitrogen and oxygen atoms in total. The maximum atomic E-state index is 5.41. The van der Waals surface area contributed by atoms with Crippen LogP contribution in [0.1, 0.15) is 18.3 Å². The third kappa shape index (κ3) is 1.98. The molecule has 0 amide bonds. The number of pyridine rings is 1. The number of hydrogen-bond acceptors (Lipinski definition) is 3. The molecule has 0 aliphatic carbocycles.